The molecule has 6 nitrogen and oxygen atoms in total. The van der Waals surface area contributed by atoms with Gasteiger partial charge in [0.15, 0.2) is 4.96 Å². The van der Waals surface area contributed by atoms with Gasteiger partial charge in [0.05, 0.1) is 12.1 Å². The molecule has 1 fully saturated rings. The number of hydrogen-bond donors (Lipinski definition) is 1. The van der Waals surface area contributed by atoms with E-state index in [0.29, 0.717) is 12.1 Å². The lowest BCUT2D eigenvalue weighted by Crippen LogP contribution is -2.23. The first kappa shape index (κ1) is 18.6. The molecule has 2 aromatic carbocycles. The van der Waals surface area contributed by atoms with Gasteiger partial charge in [0.2, 0.25) is 11.8 Å². The average molecular weight is 417 g/mol. The summed E-state index contributed by atoms with van der Waals surface area (Å²) >= 11 is 1.52. The van der Waals surface area contributed by atoms with Crippen LogP contribution in [0.25, 0.3) is 16.2 Å². The van der Waals surface area contributed by atoms with Crippen molar-refractivity contribution >= 4 is 39.5 Å². The van der Waals surface area contributed by atoms with E-state index in [4.69, 9.17) is 0 Å². The Labute approximate surface area is 177 Å². The van der Waals surface area contributed by atoms with Crippen LogP contribution in [0.3, 0.4) is 0 Å². The van der Waals surface area contributed by atoms with Gasteiger partial charge in [0, 0.05) is 47.2 Å². The summed E-state index contributed by atoms with van der Waals surface area (Å²) in [6.45, 7) is 0.730. The lowest BCUT2D eigenvalue weighted by atomic mass is 10.2. The Kier molecular flexibility index (Phi) is 4.80. The van der Waals surface area contributed by atoms with Crippen LogP contribution in [0, 0.1) is 0 Å². The Morgan fingerprint density at radius 2 is 2.00 bits per heavy atom. The Morgan fingerprint density at radius 3 is 2.80 bits per heavy atom. The summed E-state index contributed by atoms with van der Waals surface area (Å²) in [7, 11) is 0. The second-order valence-electron chi connectivity index (χ2n) is 7.30. The molecular weight excluding hydrogens is 396 g/mol. The van der Waals surface area contributed by atoms with Crippen molar-refractivity contribution in [3.8, 4) is 11.3 Å². The number of benzene rings is 2. The number of carbonyl (C=O) groups is 2. The van der Waals surface area contributed by atoms with Crippen molar-refractivity contribution in [3.63, 3.8) is 0 Å². The second kappa shape index (κ2) is 7.76. The molecule has 0 spiro atoms. The number of nitrogens with one attached hydrogen (secondary N) is 1. The molecule has 0 unspecified atom stereocenters. The minimum atomic E-state index is -0.102. The smallest absolute Gasteiger partial charge is 0.230 e. The maximum atomic E-state index is 12.7. The van der Waals surface area contributed by atoms with E-state index in [0.717, 1.165) is 40.6 Å². The number of nitrogens with zero attached hydrogens (tertiary/aromatic N) is 3. The number of imidazole rings is 1. The Morgan fingerprint density at radius 1 is 1.13 bits per heavy atom. The molecule has 1 N–H and O–H groups in total. The van der Waals surface area contributed by atoms with E-state index in [9.17, 15) is 9.59 Å². The molecule has 7 heteroatoms. The summed E-state index contributed by atoms with van der Waals surface area (Å²) < 4.78 is 1.98. The molecule has 2 aromatic heterocycles. The second-order valence-corrected chi connectivity index (χ2v) is 8.13. The van der Waals surface area contributed by atoms with E-state index in [1.807, 2.05) is 70.6 Å². The van der Waals surface area contributed by atoms with Crippen molar-refractivity contribution in [3.05, 3.63) is 71.9 Å². The molecule has 3 heterocycles. The topological polar surface area (TPSA) is 66.7 Å². The fourth-order valence-electron chi connectivity index (χ4n) is 3.75. The first-order valence-corrected chi connectivity index (χ1v) is 10.8. The summed E-state index contributed by atoms with van der Waals surface area (Å²) in [5, 5.41) is 4.92. The van der Waals surface area contributed by atoms with E-state index in [1.165, 1.54) is 11.3 Å². The highest BCUT2D eigenvalue weighted by molar-refractivity contribution is 7.15. The van der Waals surface area contributed by atoms with Gasteiger partial charge in [-0.25, -0.2) is 4.98 Å². The molecule has 5 rings (SSSR count). The molecule has 1 aliphatic rings. The van der Waals surface area contributed by atoms with Crippen LogP contribution < -0.4 is 10.2 Å². The van der Waals surface area contributed by atoms with Crippen molar-refractivity contribution in [2.24, 2.45) is 0 Å². The fraction of sp³-hybridized carbons (Fsp3) is 0.174. The number of hydrogen-bond acceptors (Lipinski definition) is 4. The zero-order valence-electron chi connectivity index (χ0n) is 16.2. The van der Waals surface area contributed by atoms with Crippen molar-refractivity contribution < 1.29 is 9.59 Å². The normalized spacial score (nSPS) is 13.9. The van der Waals surface area contributed by atoms with Gasteiger partial charge in [-0.2, -0.15) is 0 Å². The third kappa shape index (κ3) is 3.59. The lowest BCUT2D eigenvalue weighted by Gasteiger charge is -2.16. The number of aromatic nitrogens is 2. The number of fused-ring (bicyclic) bond motifs is 1. The van der Waals surface area contributed by atoms with Crippen LogP contribution in [-0.4, -0.2) is 27.7 Å². The minimum Gasteiger partial charge on any atom is -0.326 e. The average Bonchev–Trinajstić information content (AvgIpc) is 3.46. The number of anilines is 2. The van der Waals surface area contributed by atoms with Gasteiger partial charge in [-0.15, -0.1) is 11.3 Å². The largest absolute Gasteiger partial charge is 0.326 e. The summed E-state index contributed by atoms with van der Waals surface area (Å²) in [4.78, 5) is 32.0. The molecule has 0 aliphatic carbocycles. The Bertz CT molecular complexity index is 1230. The highest BCUT2D eigenvalue weighted by atomic mass is 32.1. The van der Waals surface area contributed by atoms with Gasteiger partial charge in [-0.05, 0) is 24.6 Å². The van der Waals surface area contributed by atoms with Crippen LogP contribution >= 0.6 is 11.3 Å². The van der Waals surface area contributed by atoms with Crippen molar-refractivity contribution in [1.82, 2.24) is 9.38 Å². The van der Waals surface area contributed by atoms with E-state index in [1.54, 1.807) is 4.90 Å². The molecule has 0 radical (unpaired) electrons. The molecule has 0 bridgehead atoms. The first-order valence-electron chi connectivity index (χ1n) is 9.88. The predicted molar refractivity (Wildman–Crippen MR) is 119 cm³/mol. The highest BCUT2D eigenvalue weighted by Gasteiger charge is 2.22. The first-order chi connectivity index (χ1) is 14.7. The number of carbonyl (C=O) groups excluding carboxylic acids is 2. The standard InChI is InChI=1S/C23H20N4O2S/c28-21(24-17-8-4-9-18(12-17)26-11-5-10-22(26)29)13-19-15-30-23-25-20(14-27(19)23)16-6-2-1-3-7-16/h1-4,6-9,12,14-15H,5,10-11,13H2,(H,24,28). The van der Waals surface area contributed by atoms with Crippen LogP contribution in [0.1, 0.15) is 18.5 Å². The highest BCUT2D eigenvalue weighted by Crippen LogP contribution is 2.26. The molecule has 4 aromatic rings. The van der Waals surface area contributed by atoms with Gasteiger partial charge < -0.3 is 10.2 Å². The van der Waals surface area contributed by atoms with Gasteiger partial charge in [0.25, 0.3) is 0 Å². The lowest BCUT2D eigenvalue weighted by molar-refractivity contribution is -0.117. The number of rotatable bonds is 5. The van der Waals surface area contributed by atoms with E-state index in [2.05, 4.69) is 10.3 Å². The molecular formula is C23H20N4O2S. The predicted octanol–water partition coefficient (Wildman–Crippen LogP) is 4.37. The zero-order chi connectivity index (χ0) is 20.5. The third-order valence-electron chi connectivity index (χ3n) is 5.21. The van der Waals surface area contributed by atoms with Crippen LogP contribution in [0.4, 0.5) is 11.4 Å². The minimum absolute atomic E-state index is 0.102. The Balaban J connectivity index is 1.32. The zero-order valence-corrected chi connectivity index (χ0v) is 17.1. The van der Waals surface area contributed by atoms with Crippen LogP contribution in [0.5, 0.6) is 0 Å². The van der Waals surface area contributed by atoms with Crippen LogP contribution in [-0.2, 0) is 16.0 Å². The van der Waals surface area contributed by atoms with Crippen molar-refractivity contribution in [2.45, 2.75) is 19.3 Å². The SMILES string of the molecule is O=C(Cc1csc2nc(-c3ccccc3)cn12)Nc1cccc(N2CCCC2=O)c1. The summed E-state index contributed by atoms with van der Waals surface area (Å²) in [6, 6.07) is 17.5. The summed E-state index contributed by atoms with van der Waals surface area (Å²) in [6.07, 6.45) is 3.68. The Hall–Kier alpha value is -3.45. The van der Waals surface area contributed by atoms with Gasteiger partial charge in [-0.3, -0.25) is 14.0 Å². The molecule has 150 valence electrons. The van der Waals surface area contributed by atoms with Crippen molar-refractivity contribution in [1.29, 1.82) is 0 Å². The molecule has 0 saturated carbocycles. The molecule has 0 atom stereocenters. The van der Waals surface area contributed by atoms with Crippen molar-refractivity contribution in [2.75, 3.05) is 16.8 Å². The quantitative estimate of drug-likeness (QED) is 0.525. The number of thiazole rings is 1. The van der Waals surface area contributed by atoms with E-state index in [-0.39, 0.29) is 18.2 Å². The van der Waals surface area contributed by atoms with Crippen LogP contribution in [0.15, 0.2) is 66.2 Å². The van der Waals surface area contributed by atoms with E-state index >= 15 is 0 Å². The third-order valence-corrected chi connectivity index (χ3v) is 6.10. The molecule has 1 saturated heterocycles. The fourth-order valence-corrected chi connectivity index (χ4v) is 4.62. The van der Waals surface area contributed by atoms with Gasteiger partial charge in [-0.1, -0.05) is 36.4 Å². The van der Waals surface area contributed by atoms with Gasteiger partial charge in [0.1, 0.15) is 0 Å². The van der Waals surface area contributed by atoms with Crippen LogP contribution in [0.2, 0.25) is 0 Å². The maximum Gasteiger partial charge on any atom is 0.230 e. The maximum absolute atomic E-state index is 12.7. The molecule has 2 amide bonds. The molecule has 1 aliphatic heterocycles. The van der Waals surface area contributed by atoms with E-state index < -0.39 is 0 Å². The summed E-state index contributed by atoms with van der Waals surface area (Å²) in [5.41, 5.74) is 4.37. The molecule has 30 heavy (non-hydrogen) atoms. The van der Waals surface area contributed by atoms with Gasteiger partial charge >= 0.3 is 0 Å². The number of amides is 2. The summed E-state index contributed by atoms with van der Waals surface area (Å²) in [5.74, 6) is 0.0306. The monoisotopic (exact) mass is 416 g/mol.